The number of amides is 1. The van der Waals surface area contributed by atoms with E-state index in [0.717, 1.165) is 10.9 Å². The van der Waals surface area contributed by atoms with E-state index in [2.05, 4.69) is 25.9 Å². The average molecular weight is 435 g/mol. The monoisotopic (exact) mass is 433 g/mol. The minimum absolute atomic E-state index is 0.104. The van der Waals surface area contributed by atoms with Crippen LogP contribution < -0.4 is 5.56 Å². The molecule has 0 saturated heterocycles. The Balaban J connectivity index is 1.92. The second-order valence-corrected chi connectivity index (χ2v) is 7.26. The van der Waals surface area contributed by atoms with Crippen LogP contribution in [0.15, 0.2) is 51.7 Å². The van der Waals surface area contributed by atoms with E-state index >= 15 is 0 Å². The van der Waals surface area contributed by atoms with Crippen molar-refractivity contribution < 1.29 is 4.79 Å². The summed E-state index contributed by atoms with van der Waals surface area (Å²) in [7, 11) is 0. The van der Waals surface area contributed by atoms with Gasteiger partial charge in [-0.25, -0.2) is 4.98 Å². The van der Waals surface area contributed by atoms with Crippen LogP contribution in [0.3, 0.4) is 0 Å². The van der Waals surface area contributed by atoms with Gasteiger partial charge < -0.3 is 9.88 Å². The quantitative estimate of drug-likeness (QED) is 0.647. The van der Waals surface area contributed by atoms with E-state index in [0.29, 0.717) is 33.9 Å². The van der Waals surface area contributed by atoms with Crippen molar-refractivity contribution in [1.82, 2.24) is 14.9 Å². The molecule has 5 nitrogen and oxygen atoms in total. The summed E-state index contributed by atoms with van der Waals surface area (Å²) in [4.78, 5) is 34.0. The van der Waals surface area contributed by atoms with Crippen molar-refractivity contribution in [2.45, 2.75) is 19.9 Å². The number of H-pyrrole nitrogens is 1. The van der Waals surface area contributed by atoms with Crippen LogP contribution in [0.5, 0.6) is 0 Å². The number of carbonyl (C=O) groups excluding carboxylic acids is 1. The number of aromatic amines is 1. The first-order chi connectivity index (χ1) is 12.5. The van der Waals surface area contributed by atoms with E-state index in [1.54, 1.807) is 35.2 Å². The second kappa shape index (κ2) is 8.01. The van der Waals surface area contributed by atoms with Crippen LogP contribution in [0, 0.1) is 0 Å². The van der Waals surface area contributed by atoms with Crippen molar-refractivity contribution >= 4 is 44.3 Å². The van der Waals surface area contributed by atoms with Gasteiger partial charge >= 0.3 is 0 Å². The summed E-state index contributed by atoms with van der Waals surface area (Å²) in [5.74, 6) is 0.330. The Morgan fingerprint density at radius 3 is 2.65 bits per heavy atom. The molecule has 0 atom stereocenters. The number of benzene rings is 2. The van der Waals surface area contributed by atoms with Crippen LogP contribution in [0.2, 0.25) is 5.02 Å². The third-order valence-corrected chi connectivity index (χ3v) is 4.69. The fourth-order valence-corrected chi connectivity index (χ4v) is 3.14. The maximum Gasteiger partial charge on any atom is 0.258 e. The molecule has 0 aliphatic heterocycles. The number of halogens is 2. The molecule has 0 unspecified atom stereocenters. The molecular formula is C19H17BrClN3O2. The van der Waals surface area contributed by atoms with Crippen LogP contribution in [0.25, 0.3) is 10.9 Å². The van der Waals surface area contributed by atoms with Crippen LogP contribution in [-0.4, -0.2) is 27.3 Å². The number of nitrogens with one attached hydrogen (secondary N) is 1. The summed E-state index contributed by atoms with van der Waals surface area (Å²) in [5.41, 5.74) is 0.867. The van der Waals surface area contributed by atoms with Gasteiger partial charge in [-0.3, -0.25) is 9.59 Å². The first-order valence-corrected chi connectivity index (χ1v) is 9.38. The summed E-state index contributed by atoms with van der Waals surface area (Å²) in [5, 5.41) is 0.984. The number of carbonyl (C=O) groups is 1. The van der Waals surface area contributed by atoms with Crippen molar-refractivity contribution in [3.05, 3.63) is 73.7 Å². The lowest BCUT2D eigenvalue weighted by Gasteiger charge is -2.22. The lowest BCUT2D eigenvalue weighted by molar-refractivity contribution is 0.0739. The highest BCUT2D eigenvalue weighted by atomic mass is 79.9. The number of hydrogen-bond acceptors (Lipinski definition) is 3. The minimum atomic E-state index is -0.241. The van der Waals surface area contributed by atoms with E-state index in [9.17, 15) is 9.59 Å². The van der Waals surface area contributed by atoms with Gasteiger partial charge in [-0.2, -0.15) is 0 Å². The van der Waals surface area contributed by atoms with Crippen molar-refractivity contribution in [3.63, 3.8) is 0 Å². The summed E-state index contributed by atoms with van der Waals surface area (Å²) in [6.45, 7) is 2.78. The fourth-order valence-electron chi connectivity index (χ4n) is 2.71. The standard InChI is InChI=1S/C19H17BrClN3O2/c1-2-9-24(19(26)12-3-5-13(20)6-4-12)11-17-22-16-10-14(21)7-8-15(16)18(25)23-17/h3-8,10H,2,9,11H2,1H3,(H,22,23,25). The molecule has 7 heteroatoms. The van der Waals surface area contributed by atoms with Crippen LogP contribution in [0.1, 0.15) is 29.5 Å². The third kappa shape index (κ3) is 4.14. The molecule has 0 radical (unpaired) electrons. The van der Waals surface area contributed by atoms with Gasteiger partial charge in [0.1, 0.15) is 5.82 Å². The van der Waals surface area contributed by atoms with Gasteiger partial charge in [0.2, 0.25) is 0 Å². The van der Waals surface area contributed by atoms with Crippen molar-refractivity contribution in [3.8, 4) is 0 Å². The Morgan fingerprint density at radius 2 is 1.96 bits per heavy atom. The van der Waals surface area contributed by atoms with Crippen molar-refractivity contribution in [1.29, 1.82) is 0 Å². The van der Waals surface area contributed by atoms with Gasteiger partial charge in [-0.1, -0.05) is 34.5 Å². The Labute approximate surface area is 164 Å². The van der Waals surface area contributed by atoms with Gasteiger partial charge in [-0.15, -0.1) is 0 Å². The van der Waals surface area contributed by atoms with Crippen molar-refractivity contribution in [2.75, 3.05) is 6.54 Å². The lowest BCUT2D eigenvalue weighted by atomic mass is 10.2. The normalized spacial score (nSPS) is 10.9. The van der Waals surface area contributed by atoms with Crippen LogP contribution >= 0.6 is 27.5 Å². The molecule has 1 aromatic heterocycles. The number of nitrogens with zero attached hydrogens (tertiary/aromatic N) is 2. The van der Waals surface area contributed by atoms with Gasteiger partial charge in [0.25, 0.3) is 11.5 Å². The zero-order valence-corrected chi connectivity index (χ0v) is 16.5. The Hall–Kier alpha value is -2.18. The number of hydrogen-bond donors (Lipinski definition) is 1. The molecule has 2 aromatic carbocycles. The van der Waals surface area contributed by atoms with Gasteiger partial charge in [0, 0.05) is 21.6 Å². The summed E-state index contributed by atoms with van der Waals surface area (Å²) >= 11 is 9.37. The highest BCUT2D eigenvalue weighted by Crippen LogP contribution is 2.16. The molecule has 26 heavy (non-hydrogen) atoms. The molecule has 3 rings (SSSR count). The van der Waals surface area contributed by atoms with E-state index in [-0.39, 0.29) is 18.0 Å². The highest BCUT2D eigenvalue weighted by molar-refractivity contribution is 9.10. The minimum Gasteiger partial charge on any atom is -0.331 e. The molecule has 1 heterocycles. The Kier molecular flexibility index (Phi) is 5.74. The summed E-state index contributed by atoms with van der Waals surface area (Å²) in [6, 6.07) is 12.1. The summed E-state index contributed by atoms with van der Waals surface area (Å²) in [6.07, 6.45) is 0.798. The Bertz CT molecular complexity index is 1000. The molecule has 0 aliphatic carbocycles. The second-order valence-electron chi connectivity index (χ2n) is 5.91. The third-order valence-electron chi connectivity index (χ3n) is 3.93. The smallest absolute Gasteiger partial charge is 0.258 e. The summed E-state index contributed by atoms with van der Waals surface area (Å²) < 4.78 is 0.911. The SMILES string of the molecule is CCCN(Cc1nc2cc(Cl)ccc2c(=O)[nH]1)C(=O)c1ccc(Br)cc1. The van der Waals surface area contributed by atoms with Crippen molar-refractivity contribution in [2.24, 2.45) is 0 Å². The molecule has 134 valence electrons. The van der Waals surface area contributed by atoms with Gasteiger partial charge in [-0.05, 0) is 48.9 Å². The fraction of sp³-hybridized carbons (Fsp3) is 0.211. The average Bonchev–Trinajstić information content (AvgIpc) is 2.61. The zero-order valence-electron chi connectivity index (χ0n) is 14.1. The molecule has 3 aromatic rings. The molecule has 1 N–H and O–H groups in total. The van der Waals surface area contributed by atoms with E-state index in [1.165, 1.54) is 0 Å². The van der Waals surface area contributed by atoms with Crippen LogP contribution in [-0.2, 0) is 6.54 Å². The zero-order chi connectivity index (χ0) is 18.7. The molecule has 0 bridgehead atoms. The topological polar surface area (TPSA) is 66.1 Å². The van der Waals surface area contributed by atoms with Gasteiger partial charge in [0.15, 0.2) is 0 Å². The molecular weight excluding hydrogens is 418 g/mol. The van der Waals surface area contributed by atoms with E-state index in [1.807, 2.05) is 19.1 Å². The van der Waals surface area contributed by atoms with E-state index < -0.39 is 0 Å². The maximum atomic E-state index is 12.8. The predicted octanol–water partition coefficient (Wildman–Crippen LogP) is 4.39. The Morgan fingerprint density at radius 1 is 1.23 bits per heavy atom. The number of rotatable bonds is 5. The maximum absolute atomic E-state index is 12.8. The first-order valence-electron chi connectivity index (χ1n) is 8.21. The largest absolute Gasteiger partial charge is 0.331 e. The number of aromatic nitrogens is 2. The molecule has 0 aliphatic rings. The first kappa shape index (κ1) is 18.6. The lowest BCUT2D eigenvalue weighted by Crippen LogP contribution is -2.32. The molecule has 0 saturated carbocycles. The van der Waals surface area contributed by atoms with Crippen LogP contribution in [0.4, 0.5) is 0 Å². The molecule has 0 fully saturated rings. The predicted molar refractivity (Wildman–Crippen MR) is 107 cm³/mol. The molecule has 1 amide bonds. The highest BCUT2D eigenvalue weighted by Gasteiger charge is 2.17. The number of fused-ring (bicyclic) bond motifs is 1. The van der Waals surface area contributed by atoms with Gasteiger partial charge in [0.05, 0.1) is 17.4 Å². The van der Waals surface area contributed by atoms with E-state index in [4.69, 9.17) is 11.6 Å². The molecule has 0 spiro atoms.